The number of likely N-dealkylation sites (tertiary alicyclic amines) is 1. The number of amides is 2. The van der Waals surface area contributed by atoms with Crippen LogP contribution in [0.3, 0.4) is 0 Å². The summed E-state index contributed by atoms with van der Waals surface area (Å²) in [5.74, 6) is 2.09. The van der Waals surface area contributed by atoms with E-state index in [0.717, 1.165) is 42.9 Å². The van der Waals surface area contributed by atoms with E-state index in [4.69, 9.17) is 5.73 Å². The second kappa shape index (κ2) is 12.2. The molecule has 5 nitrogen and oxygen atoms in total. The molecule has 1 saturated heterocycles. The first kappa shape index (κ1) is 22.8. The Labute approximate surface area is 166 Å². The van der Waals surface area contributed by atoms with Crippen LogP contribution in [0.5, 0.6) is 0 Å². The lowest BCUT2D eigenvalue weighted by Crippen LogP contribution is -2.49. The Morgan fingerprint density at radius 2 is 2.00 bits per heavy atom. The highest BCUT2D eigenvalue weighted by Crippen LogP contribution is 2.20. The second-order valence-electron chi connectivity index (χ2n) is 6.32. The van der Waals surface area contributed by atoms with E-state index in [0.29, 0.717) is 19.5 Å². The number of hydrogen-bond donors (Lipinski definition) is 2. The van der Waals surface area contributed by atoms with E-state index in [1.165, 1.54) is 5.56 Å². The largest absolute Gasteiger partial charge is 0.354 e. The van der Waals surface area contributed by atoms with Crippen LogP contribution in [0.2, 0.25) is 0 Å². The lowest BCUT2D eigenvalue weighted by Gasteiger charge is -2.36. The summed E-state index contributed by atoms with van der Waals surface area (Å²) in [6, 6.07) is 7.99. The number of nitrogens with two attached hydrogens (primary N) is 1. The maximum Gasteiger partial charge on any atom is 0.254 e. The smallest absolute Gasteiger partial charge is 0.254 e. The molecule has 146 valence electrons. The molecular weight excluding hydrogens is 370 g/mol. The molecule has 0 saturated carbocycles. The maximum atomic E-state index is 12.9. The molecule has 0 bridgehead atoms. The van der Waals surface area contributed by atoms with Crippen LogP contribution >= 0.6 is 24.2 Å². The number of carbonyl (C=O) groups excluding carboxylic acids is 2. The lowest BCUT2D eigenvalue weighted by molar-refractivity contribution is -0.121. The first-order valence-corrected chi connectivity index (χ1v) is 10.3. The average molecular weight is 400 g/mol. The highest BCUT2D eigenvalue weighted by molar-refractivity contribution is 7.98. The van der Waals surface area contributed by atoms with Crippen molar-refractivity contribution < 1.29 is 9.59 Å². The minimum Gasteiger partial charge on any atom is -0.354 e. The van der Waals surface area contributed by atoms with Crippen molar-refractivity contribution in [2.75, 3.05) is 25.4 Å². The minimum atomic E-state index is -0.0433. The van der Waals surface area contributed by atoms with E-state index in [-0.39, 0.29) is 30.3 Å². The predicted octanol–water partition coefficient (Wildman–Crippen LogP) is 2.82. The Bertz CT molecular complexity index is 568. The zero-order chi connectivity index (χ0) is 18.1. The summed E-state index contributed by atoms with van der Waals surface area (Å²) in [6.07, 6.45) is 3.37. The fourth-order valence-electron chi connectivity index (χ4n) is 3.06. The first-order valence-electron chi connectivity index (χ1n) is 9.10. The van der Waals surface area contributed by atoms with E-state index < -0.39 is 0 Å². The van der Waals surface area contributed by atoms with Gasteiger partial charge in [-0.3, -0.25) is 9.59 Å². The van der Waals surface area contributed by atoms with Gasteiger partial charge in [0.05, 0.1) is 0 Å². The van der Waals surface area contributed by atoms with E-state index in [2.05, 4.69) is 12.2 Å². The lowest BCUT2D eigenvalue weighted by atomic mass is 10.00. The highest BCUT2D eigenvalue weighted by Gasteiger charge is 2.27. The third kappa shape index (κ3) is 6.82. The van der Waals surface area contributed by atoms with Crippen molar-refractivity contribution >= 4 is 36.0 Å². The Morgan fingerprint density at radius 3 is 2.65 bits per heavy atom. The molecule has 2 amide bonds. The normalized spacial score (nSPS) is 16.7. The van der Waals surface area contributed by atoms with Gasteiger partial charge in [0.1, 0.15) is 0 Å². The molecule has 26 heavy (non-hydrogen) atoms. The molecule has 1 aromatic carbocycles. The Kier molecular flexibility index (Phi) is 10.7. The van der Waals surface area contributed by atoms with E-state index in [9.17, 15) is 9.59 Å². The Morgan fingerprint density at radius 1 is 1.27 bits per heavy atom. The standard InChI is InChI=1S/C19H29N3O2S.ClH/c1-2-25-14-15-6-8-16(9-7-15)19(24)22-12-4-3-5-17(22)13-21-18(23)10-11-20;/h6-9,17H,2-5,10-14,20H2,1H3,(H,21,23);1H. The van der Waals surface area contributed by atoms with Crippen LogP contribution < -0.4 is 11.1 Å². The number of thioether (sulfide) groups is 1. The summed E-state index contributed by atoms with van der Waals surface area (Å²) in [5, 5.41) is 2.91. The van der Waals surface area contributed by atoms with Gasteiger partial charge in [-0.1, -0.05) is 19.1 Å². The molecule has 1 aliphatic rings. The van der Waals surface area contributed by atoms with Crippen LogP contribution in [0.25, 0.3) is 0 Å². The topological polar surface area (TPSA) is 75.4 Å². The first-order chi connectivity index (χ1) is 12.2. The van der Waals surface area contributed by atoms with Crippen molar-refractivity contribution in [1.82, 2.24) is 10.2 Å². The van der Waals surface area contributed by atoms with Crippen LogP contribution in [0.1, 0.15) is 48.5 Å². The number of hydrogen-bond acceptors (Lipinski definition) is 4. The molecule has 0 aliphatic carbocycles. The van der Waals surface area contributed by atoms with Crippen molar-refractivity contribution in [2.24, 2.45) is 5.73 Å². The molecule has 0 spiro atoms. The van der Waals surface area contributed by atoms with Crippen molar-refractivity contribution in [2.45, 2.75) is 44.4 Å². The van der Waals surface area contributed by atoms with Gasteiger partial charge in [0.15, 0.2) is 0 Å². The van der Waals surface area contributed by atoms with Gasteiger partial charge < -0.3 is 16.0 Å². The van der Waals surface area contributed by atoms with Gasteiger partial charge in [0, 0.05) is 43.4 Å². The van der Waals surface area contributed by atoms with Crippen LogP contribution in [-0.2, 0) is 10.5 Å². The zero-order valence-electron chi connectivity index (χ0n) is 15.4. The average Bonchev–Trinajstić information content (AvgIpc) is 2.65. The molecule has 1 fully saturated rings. The van der Waals surface area contributed by atoms with Gasteiger partial charge in [-0.05, 0) is 42.7 Å². The van der Waals surface area contributed by atoms with Crippen LogP contribution in [0.4, 0.5) is 0 Å². The predicted molar refractivity (Wildman–Crippen MR) is 111 cm³/mol. The van der Waals surface area contributed by atoms with Crippen LogP contribution in [0.15, 0.2) is 24.3 Å². The van der Waals surface area contributed by atoms with Crippen LogP contribution in [-0.4, -0.2) is 48.1 Å². The molecule has 2 rings (SSSR count). The molecule has 0 aromatic heterocycles. The van der Waals surface area contributed by atoms with Crippen molar-refractivity contribution in [3.8, 4) is 0 Å². The summed E-state index contributed by atoms with van der Waals surface area (Å²) in [5.41, 5.74) is 7.38. The summed E-state index contributed by atoms with van der Waals surface area (Å²) in [7, 11) is 0. The number of carbonyl (C=O) groups is 2. The fraction of sp³-hybridized carbons (Fsp3) is 0.579. The van der Waals surface area contributed by atoms with Gasteiger partial charge in [-0.25, -0.2) is 0 Å². The molecule has 1 heterocycles. The molecular formula is C19H30ClN3O2S. The van der Waals surface area contributed by atoms with E-state index >= 15 is 0 Å². The number of piperidine rings is 1. The minimum absolute atomic E-state index is 0. The maximum absolute atomic E-state index is 12.9. The van der Waals surface area contributed by atoms with Crippen molar-refractivity contribution in [3.05, 3.63) is 35.4 Å². The van der Waals surface area contributed by atoms with Crippen LogP contribution in [0, 0.1) is 0 Å². The molecule has 3 N–H and O–H groups in total. The molecule has 1 unspecified atom stereocenters. The number of benzene rings is 1. The number of nitrogens with zero attached hydrogens (tertiary/aromatic N) is 1. The third-order valence-corrected chi connectivity index (χ3v) is 5.41. The zero-order valence-corrected chi connectivity index (χ0v) is 17.0. The quantitative estimate of drug-likeness (QED) is 0.704. The molecule has 1 atom stereocenters. The molecule has 1 aromatic rings. The summed E-state index contributed by atoms with van der Waals surface area (Å²) < 4.78 is 0. The van der Waals surface area contributed by atoms with Crippen molar-refractivity contribution in [1.29, 1.82) is 0 Å². The van der Waals surface area contributed by atoms with E-state index in [1.54, 1.807) is 0 Å². The van der Waals surface area contributed by atoms with Crippen molar-refractivity contribution in [3.63, 3.8) is 0 Å². The Hall–Kier alpha value is -1.24. The van der Waals surface area contributed by atoms with Gasteiger partial charge in [-0.15, -0.1) is 12.4 Å². The molecule has 0 radical (unpaired) electrons. The highest BCUT2D eigenvalue weighted by atomic mass is 35.5. The van der Waals surface area contributed by atoms with Gasteiger partial charge in [-0.2, -0.15) is 11.8 Å². The second-order valence-corrected chi connectivity index (χ2v) is 7.60. The third-order valence-electron chi connectivity index (χ3n) is 4.47. The monoisotopic (exact) mass is 399 g/mol. The summed E-state index contributed by atoms with van der Waals surface area (Å²) in [6.45, 7) is 3.76. The van der Waals surface area contributed by atoms with E-state index in [1.807, 2.05) is 40.9 Å². The molecule has 1 aliphatic heterocycles. The molecule has 7 heteroatoms. The number of halogens is 1. The van der Waals surface area contributed by atoms with Gasteiger partial charge in [0.2, 0.25) is 5.91 Å². The number of rotatable bonds is 8. The Balaban J connectivity index is 0.00000338. The van der Waals surface area contributed by atoms with Gasteiger partial charge in [0.25, 0.3) is 5.91 Å². The summed E-state index contributed by atoms with van der Waals surface area (Å²) >= 11 is 1.87. The number of nitrogens with one attached hydrogen (secondary N) is 1. The summed E-state index contributed by atoms with van der Waals surface area (Å²) in [4.78, 5) is 26.5. The van der Waals surface area contributed by atoms with Gasteiger partial charge >= 0.3 is 0 Å². The fourth-order valence-corrected chi connectivity index (χ4v) is 3.69. The SMILES string of the molecule is CCSCc1ccc(C(=O)N2CCCCC2CNC(=O)CCN)cc1.Cl.